The molecule has 5 rings (SSSR count). The van der Waals surface area contributed by atoms with Crippen LogP contribution in [0.5, 0.6) is 0 Å². The first-order valence-electron chi connectivity index (χ1n) is 9.67. The van der Waals surface area contributed by atoms with Crippen LogP contribution in [0.1, 0.15) is 25.3 Å². The molecule has 0 aliphatic heterocycles. The normalized spacial score (nSPS) is 11.5. The van der Waals surface area contributed by atoms with Crippen molar-refractivity contribution < 1.29 is 0 Å². The van der Waals surface area contributed by atoms with Gasteiger partial charge in [0.2, 0.25) is 0 Å². The molecule has 5 aromatic rings. The summed E-state index contributed by atoms with van der Waals surface area (Å²) in [7, 11) is 0. The molecule has 2 heterocycles. The van der Waals surface area contributed by atoms with E-state index in [2.05, 4.69) is 97.7 Å². The Balaban J connectivity index is 1.63. The van der Waals surface area contributed by atoms with Crippen LogP contribution in [-0.4, -0.2) is 4.98 Å². The molecule has 2 heteroatoms. The van der Waals surface area contributed by atoms with Crippen LogP contribution in [0.25, 0.3) is 42.6 Å². The number of fused-ring (bicyclic) bond motifs is 3. The van der Waals surface area contributed by atoms with Gasteiger partial charge in [-0.15, -0.1) is 11.3 Å². The highest BCUT2D eigenvalue weighted by atomic mass is 32.1. The van der Waals surface area contributed by atoms with Crippen molar-refractivity contribution in [2.45, 2.75) is 19.8 Å². The van der Waals surface area contributed by atoms with Gasteiger partial charge in [0.05, 0.1) is 5.69 Å². The molecule has 0 unspecified atom stereocenters. The summed E-state index contributed by atoms with van der Waals surface area (Å²) < 4.78 is 2.64. The second-order valence-electron chi connectivity index (χ2n) is 7.52. The lowest BCUT2D eigenvalue weighted by atomic mass is 10.0. The van der Waals surface area contributed by atoms with Gasteiger partial charge < -0.3 is 0 Å². The van der Waals surface area contributed by atoms with Gasteiger partial charge in [-0.1, -0.05) is 62.4 Å². The fraction of sp³-hybridized carbons (Fsp3) is 0.115. The average Bonchev–Trinajstić information content (AvgIpc) is 3.11. The maximum Gasteiger partial charge on any atom is 0.0705 e. The van der Waals surface area contributed by atoms with Gasteiger partial charge in [-0.2, -0.15) is 0 Å². The molecular weight excluding hydrogens is 358 g/mol. The first-order valence-corrected chi connectivity index (χ1v) is 10.5. The van der Waals surface area contributed by atoms with Gasteiger partial charge in [0, 0.05) is 31.9 Å². The van der Waals surface area contributed by atoms with Crippen molar-refractivity contribution in [3.8, 4) is 22.4 Å². The lowest BCUT2D eigenvalue weighted by molar-refractivity contribution is 0.864. The number of nitrogens with zero attached hydrogens (tertiary/aromatic N) is 1. The molecule has 0 aliphatic carbocycles. The van der Waals surface area contributed by atoms with Gasteiger partial charge in [0.1, 0.15) is 0 Å². The minimum atomic E-state index is 0.506. The summed E-state index contributed by atoms with van der Waals surface area (Å²) in [4.78, 5) is 4.61. The Hall–Kier alpha value is -2.97. The summed E-state index contributed by atoms with van der Waals surface area (Å²) in [5.41, 5.74) is 6.09. The van der Waals surface area contributed by atoms with Crippen molar-refractivity contribution in [2.24, 2.45) is 0 Å². The predicted molar refractivity (Wildman–Crippen MR) is 122 cm³/mol. The Morgan fingerprint density at radius 3 is 2.32 bits per heavy atom. The molecule has 0 N–H and O–H groups in total. The molecule has 0 aliphatic rings. The van der Waals surface area contributed by atoms with Gasteiger partial charge in [0.15, 0.2) is 0 Å². The van der Waals surface area contributed by atoms with Gasteiger partial charge in [-0.3, -0.25) is 4.98 Å². The van der Waals surface area contributed by atoms with Crippen molar-refractivity contribution in [1.82, 2.24) is 4.98 Å². The number of thiophene rings is 1. The summed E-state index contributed by atoms with van der Waals surface area (Å²) in [6, 6.07) is 28.4. The van der Waals surface area contributed by atoms with Crippen molar-refractivity contribution in [2.75, 3.05) is 0 Å². The van der Waals surface area contributed by atoms with Gasteiger partial charge in [0.25, 0.3) is 0 Å². The van der Waals surface area contributed by atoms with Crippen LogP contribution in [0.15, 0.2) is 85.1 Å². The zero-order valence-corrected chi connectivity index (χ0v) is 16.8. The Morgan fingerprint density at radius 2 is 1.50 bits per heavy atom. The smallest absolute Gasteiger partial charge is 0.0705 e. The highest BCUT2D eigenvalue weighted by molar-refractivity contribution is 7.25. The maximum absolute atomic E-state index is 4.61. The number of pyridine rings is 1. The lowest BCUT2D eigenvalue weighted by Crippen LogP contribution is -1.90. The molecule has 0 saturated heterocycles. The third-order valence-electron chi connectivity index (χ3n) is 5.32. The van der Waals surface area contributed by atoms with Gasteiger partial charge in [-0.05, 0) is 52.9 Å². The fourth-order valence-electron chi connectivity index (χ4n) is 3.71. The number of rotatable bonds is 3. The first-order chi connectivity index (χ1) is 13.7. The minimum Gasteiger partial charge on any atom is -0.256 e. The number of benzene rings is 3. The highest BCUT2D eigenvalue weighted by Crippen LogP contribution is 2.38. The molecule has 0 radical (unpaired) electrons. The van der Waals surface area contributed by atoms with E-state index in [1.54, 1.807) is 0 Å². The molecule has 0 spiro atoms. The molecule has 0 bridgehead atoms. The zero-order valence-electron chi connectivity index (χ0n) is 16.0. The summed E-state index contributed by atoms with van der Waals surface area (Å²) in [6.07, 6.45) is 1.92. The Bertz CT molecular complexity index is 1280. The summed E-state index contributed by atoms with van der Waals surface area (Å²) in [6.45, 7) is 4.44. The highest BCUT2D eigenvalue weighted by Gasteiger charge is 2.10. The monoisotopic (exact) mass is 379 g/mol. The van der Waals surface area contributed by atoms with Crippen LogP contribution in [0.3, 0.4) is 0 Å². The molecule has 3 aromatic carbocycles. The van der Waals surface area contributed by atoms with E-state index < -0.39 is 0 Å². The lowest BCUT2D eigenvalue weighted by Gasteiger charge is -2.07. The van der Waals surface area contributed by atoms with E-state index in [0.29, 0.717) is 5.92 Å². The van der Waals surface area contributed by atoms with Crippen molar-refractivity contribution >= 4 is 31.5 Å². The fourth-order valence-corrected chi connectivity index (χ4v) is 4.84. The molecule has 1 nitrogen and oxygen atoms in total. The van der Waals surface area contributed by atoms with Crippen LogP contribution in [-0.2, 0) is 0 Å². The van der Waals surface area contributed by atoms with Crippen LogP contribution in [0.2, 0.25) is 0 Å². The molecular formula is C26H21NS. The summed E-state index contributed by atoms with van der Waals surface area (Å²) in [5.74, 6) is 0.506. The predicted octanol–water partition coefficient (Wildman–Crippen LogP) is 7.91. The number of hydrogen-bond acceptors (Lipinski definition) is 2. The quantitative estimate of drug-likeness (QED) is 0.310. The van der Waals surface area contributed by atoms with Crippen molar-refractivity contribution in [3.63, 3.8) is 0 Å². The SMILES string of the molecule is CC(C)c1ccnc(-c2ccc3c(c2)sc2ccc(-c4ccccc4)cc23)c1. The average molecular weight is 380 g/mol. The van der Waals surface area contributed by atoms with Crippen molar-refractivity contribution in [1.29, 1.82) is 0 Å². The van der Waals surface area contributed by atoms with Crippen LogP contribution in [0, 0.1) is 0 Å². The summed E-state index contributed by atoms with van der Waals surface area (Å²) in [5, 5.41) is 2.65. The van der Waals surface area contributed by atoms with Gasteiger partial charge in [-0.25, -0.2) is 0 Å². The molecule has 0 saturated carbocycles. The molecule has 0 atom stereocenters. The Kier molecular flexibility index (Phi) is 4.22. The molecule has 2 aromatic heterocycles. The number of aromatic nitrogens is 1. The zero-order chi connectivity index (χ0) is 19.1. The number of hydrogen-bond donors (Lipinski definition) is 0. The third kappa shape index (κ3) is 3.00. The summed E-state index contributed by atoms with van der Waals surface area (Å²) >= 11 is 1.86. The van der Waals surface area contributed by atoms with Crippen molar-refractivity contribution in [3.05, 3.63) is 90.6 Å². The van der Waals surface area contributed by atoms with Crippen LogP contribution >= 0.6 is 11.3 Å². The van der Waals surface area contributed by atoms with Crippen LogP contribution in [0.4, 0.5) is 0 Å². The van der Waals surface area contributed by atoms with E-state index in [-0.39, 0.29) is 0 Å². The maximum atomic E-state index is 4.61. The Morgan fingerprint density at radius 1 is 0.679 bits per heavy atom. The van der Waals surface area contributed by atoms with Crippen LogP contribution < -0.4 is 0 Å². The van der Waals surface area contributed by atoms with E-state index >= 15 is 0 Å². The molecule has 0 amide bonds. The molecule has 136 valence electrons. The Labute approximate surface area is 169 Å². The second-order valence-corrected chi connectivity index (χ2v) is 8.60. The first kappa shape index (κ1) is 17.2. The van der Waals surface area contributed by atoms with E-state index in [0.717, 1.165) is 5.69 Å². The largest absolute Gasteiger partial charge is 0.256 e. The van der Waals surface area contributed by atoms with E-state index in [1.807, 2.05) is 17.5 Å². The molecule has 0 fully saturated rings. The van der Waals surface area contributed by atoms with E-state index in [1.165, 1.54) is 42.4 Å². The molecule has 28 heavy (non-hydrogen) atoms. The standard InChI is InChI=1S/C26H21NS/c1-17(2)19-12-13-27-24(15-19)21-8-10-22-23-14-20(18-6-4-3-5-7-18)9-11-25(23)28-26(22)16-21/h3-17H,1-2H3. The van der Waals surface area contributed by atoms with Gasteiger partial charge >= 0.3 is 0 Å². The topological polar surface area (TPSA) is 12.9 Å². The van der Waals surface area contributed by atoms with E-state index in [4.69, 9.17) is 0 Å². The van der Waals surface area contributed by atoms with E-state index in [9.17, 15) is 0 Å². The third-order valence-corrected chi connectivity index (χ3v) is 6.46. The second kappa shape index (κ2) is 6.88. The minimum absolute atomic E-state index is 0.506.